The van der Waals surface area contributed by atoms with Crippen molar-refractivity contribution in [2.45, 2.75) is 40.2 Å². The number of hydrogen-bond donors (Lipinski definition) is 0. The largest absolute Gasteiger partial charge is 0.341 e. The van der Waals surface area contributed by atoms with Gasteiger partial charge in [0, 0.05) is 19.0 Å². The molecule has 1 aliphatic heterocycles. The number of nitrogens with zero attached hydrogens (tertiary/aromatic N) is 3. The van der Waals surface area contributed by atoms with E-state index in [0.29, 0.717) is 12.5 Å². The molecule has 0 saturated heterocycles. The van der Waals surface area contributed by atoms with Crippen LogP contribution in [0.2, 0.25) is 0 Å². The number of aldehydes is 1. The minimum Gasteiger partial charge on any atom is -0.341 e. The zero-order chi connectivity index (χ0) is 11.5. The molecular formula is C11H21N3O. The summed E-state index contributed by atoms with van der Waals surface area (Å²) >= 11 is 0. The summed E-state index contributed by atoms with van der Waals surface area (Å²) in [5.74, 6) is 0. The molecule has 4 nitrogen and oxygen atoms in total. The molecule has 0 bridgehead atoms. The maximum absolute atomic E-state index is 10.5. The zero-order valence-electron chi connectivity index (χ0n) is 10.1. The minimum absolute atomic E-state index is 0.0285. The lowest BCUT2D eigenvalue weighted by Crippen LogP contribution is -2.36. The monoisotopic (exact) mass is 211 g/mol. The highest BCUT2D eigenvalue weighted by Crippen LogP contribution is 2.21. The molecule has 0 fully saturated rings. The lowest BCUT2D eigenvalue weighted by molar-refractivity contribution is -0.109. The summed E-state index contributed by atoms with van der Waals surface area (Å²) in [5.41, 5.74) is 0.0285. The van der Waals surface area contributed by atoms with Crippen molar-refractivity contribution < 1.29 is 4.79 Å². The summed E-state index contributed by atoms with van der Waals surface area (Å²) in [4.78, 5) is 12.7. The van der Waals surface area contributed by atoms with Crippen LogP contribution in [0.1, 0.15) is 34.1 Å². The third kappa shape index (κ3) is 3.53. The molecule has 0 unspecified atom stereocenters. The molecule has 15 heavy (non-hydrogen) atoms. The second kappa shape index (κ2) is 4.64. The van der Waals surface area contributed by atoms with E-state index in [0.717, 1.165) is 19.5 Å². The van der Waals surface area contributed by atoms with Gasteiger partial charge >= 0.3 is 0 Å². The van der Waals surface area contributed by atoms with E-state index >= 15 is 0 Å². The lowest BCUT2D eigenvalue weighted by atomic mass is 9.90. The number of rotatable bonds is 5. The van der Waals surface area contributed by atoms with E-state index in [1.807, 2.05) is 11.3 Å². The van der Waals surface area contributed by atoms with Gasteiger partial charge < -0.3 is 9.69 Å². The maximum Gasteiger partial charge on any atom is 0.120 e. The van der Waals surface area contributed by atoms with Gasteiger partial charge in [-0.1, -0.05) is 13.8 Å². The van der Waals surface area contributed by atoms with Crippen LogP contribution >= 0.6 is 0 Å². The van der Waals surface area contributed by atoms with Crippen molar-refractivity contribution in [3.05, 3.63) is 0 Å². The molecule has 86 valence electrons. The third-order valence-electron chi connectivity index (χ3n) is 2.55. The Morgan fingerprint density at radius 1 is 1.53 bits per heavy atom. The van der Waals surface area contributed by atoms with Crippen molar-refractivity contribution >= 4 is 12.6 Å². The quantitative estimate of drug-likeness (QED) is 0.647. The Kier molecular flexibility index (Phi) is 3.72. The minimum atomic E-state index is 0.0285. The Labute approximate surface area is 91.9 Å². The molecule has 1 aliphatic rings. The van der Waals surface area contributed by atoms with E-state index in [2.05, 4.69) is 37.7 Å². The Balaban J connectivity index is 2.43. The van der Waals surface area contributed by atoms with E-state index in [4.69, 9.17) is 0 Å². The smallest absolute Gasteiger partial charge is 0.120 e. The fraction of sp³-hybridized carbons (Fsp3) is 0.818. The summed E-state index contributed by atoms with van der Waals surface area (Å²) in [6, 6.07) is 0.431. The maximum atomic E-state index is 10.5. The Morgan fingerprint density at radius 3 is 2.67 bits per heavy atom. The normalized spacial score (nSPS) is 16.6. The second-order valence-electron chi connectivity index (χ2n) is 5.19. The first-order chi connectivity index (χ1) is 6.94. The van der Waals surface area contributed by atoms with Crippen LogP contribution in [0, 0.1) is 5.41 Å². The van der Waals surface area contributed by atoms with Gasteiger partial charge in [0.25, 0.3) is 0 Å². The van der Waals surface area contributed by atoms with Crippen LogP contribution in [-0.4, -0.2) is 41.8 Å². The van der Waals surface area contributed by atoms with Crippen LogP contribution in [0.15, 0.2) is 5.10 Å². The van der Waals surface area contributed by atoms with Crippen molar-refractivity contribution in [2.24, 2.45) is 10.5 Å². The molecule has 0 saturated carbocycles. The van der Waals surface area contributed by atoms with Gasteiger partial charge in [0.15, 0.2) is 0 Å². The molecule has 0 aromatic heterocycles. The highest BCUT2D eigenvalue weighted by atomic mass is 16.1. The van der Waals surface area contributed by atoms with Crippen molar-refractivity contribution in [3.63, 3.8) is 0 Å². The van der Waals surface area contributed by atoms with E-state index in [1.54, 1.807) is 0 Å². The molecule has 0 N–H and O–H groups in total. The van der Waals surface area contributed by atoms with Crippen molar-refractivity contribution in [3.8, 4) is 0 Å². The number of hydrogen-bond acceptors (Lipinski definition) is 4. The Hall–Kier alpha value is -1.06. The van der Waals surface area contributed by atoms with Crippen LogP contribution in [0.3, 0.4) is 0 Å². The van der Waals surface area contributed by atoms with E-state index in [9.17, 15) is 4.79 Å². The predicted octanol–water partition coefficient (Wildman–Crippen LogP) is 1.53. The molecule has 0 aromatic carbocycles. The molecule has 1 heterocycles. The van der Waals surface area contributed by atoms with E-state index in [1.165, 1.54) is 0 Å². The molecule has 0 amide bonds. The summed E-state index contributed by atoms with van der Waals surface area (Å²) in [6.07, 6.45) is 3.46. The van der Waals surface area contributed by atoms with Gasteiger partial charge in [0.1, 0.15) is 19.3 Å². The lowest BCUT2D eigenvalue weighted by Gasteiger charge is -2.29. The van der Waals surface area contributed by atoms with Crippen molar-refractivity contribution in [1.82, 2.24) is 9.91 Å². The van der Waals surface area contributed by atoms with Crippen molar-refractivity contribution in [1.29, 1.82) is 0 Å². The molecule has 0 aromatic rings. The molecule has 1 rings (SSSR count). The Bertz CT molecular complexity index is 248. The van der Waals surface area contributed by atoms with Gasteiger partial charge in [-0.05, 0) is 19.3 Å². The standard InChI is InChI=1S/C11H21N3O/c1-10(2)14-9-13(8-12-14)7-11(3,4)5-6-15/h6,8,10H,5,7,9H2,1-4H3. The molecular weight excluding hydrogens is 190 g/mol. The molecule has 0 atom stereocenters. The molecule has 0 spiro atoms. The summed E-state index contributed by atoms with van der Waals surface area (Å²) in [6.45, 7) is 10.2. The first kappa shape index (κ1) is 12.0. The topological polar surface area (TPSA) is 35.9 Å². The van der Waals surface area contributed by atoms with E-state index in [-0.39, 0.29) is 5.41 Å². The summed E-state index contributed by atoms with van der Waals surface area (Å²) in [7, 11) is 0. The highest BCUT2D eigenvalue weighted by Gasteiger charge is 2.24. The van der Waals surface area contributed by atoms with Crippen LogP contribution in [0.25, 0.3) is 0 Å². The summed E-state index contributed by atoms with van der Waals surface area (Å²) < 4.78 is 0. The predicted molar refractivity (Wildman–Crippen MR) is 61.5 cm³/mol. The molecule has 4 heteroatoms. The van der Waals surface area contributed by atoms with Crippen LogP contribution in [-0.2, 0) is 4.79 Å². The van der Waals surface area contributed by atoms with Gasteiger partial charge in [0.05, 0.1) is 0 Å². The SMILES string of the molecule is CC(C)N1CN(CC(C)(C)CC=O)C=N1. The van der Waals surface area contributed by atoms with Crippen LogP contribution in [0.4, 0.5) is 0 Å². The molecule has 0 aliphatic carbocycles. The first-order valence-electron chi connectivity index (χ1n) is 5.43. The second-order valence-corrected chi connectivity index (χ2v) is 5.19. The fourth-order valence-corrected chi connectivity index (χ4v) is 1.63. The Morgan fingerprint density at radius 2 is 2.20 bits per heavy atom. The average Bonchev–Trinajstić information content (AvgIpc) is 2.51. The first-order valence-corrected chi connectivity index (χ1v) is 5.43. The number of hydrazone groups is 1. The van der Waals surface area contributed by atoms with E-state index < -0.39 is 0 Å². The summed E-state index contributed by atoms with van der Waals surface area (Å²) in [5, 5.41) is 6.35. The highest BCUT2D eigenvalue weighted by molar-refractivity contribution is 5.56. The number of carbonyl (C=O) groups excluding carboxylic acids is 1. The van der Waals surface area contributed by atoms with Gasteiger partial charge in [-0.2, -0.15) is 5.10 Å². The zero-order valence-corrected chi connectivity index (χ0v) is 10.1. The van der Waals surface area contributed by atoms with Gasteiger partial charge in [-0.3, -0.25) is 5.01 Å². The van der Waals surface area contributed by atoms with Crippen molar-refractivity contribution in [2.75, 3.05) is 13.2 Å². The van der Waals surface area contributed by atoms with Gasteiger partial charge in [-0.25, -0.2) is 0 Å². The third-order valence-corrected chi connectivity index (χ3v) is 2.55. The fourth-order valence-electron chi connectivity index (χ4n) is 1.63. The van der Waals surface area contributed by atoms with Gasteiger partial charge in [-0.15, -0.1) is 0 Å². The number of carbonyl (C=O) groups is 1. The van der Waals surface area contributed by atoms with Crippen LogP contribution < -0.4 is 0 Å². The average molecular weight is 211 g/mol. The van der Waals surface area contributed by atoms with Crippen LogP contribution in [0.5, 0.6) is 0 Å². The molecule has 0 radical (unpaired) electrons. The van der Waals surface area contributed by atoms with Gasteiger partial charge in [0.2, 0.25) is 0 Å².